The van der Waals surface area contributed by atoms with Crippen LogP contribution in [0.3, 0.4) is 0 Å². The van der Waals surface area contributed by atoms with Gasteiger partial charge < -0.3 is 9.64 Å². The molecule has 0 spiro atoms. The summed E-state index contributed by atoms with van der Waals surface area (Å²) in [5.41, 5.74) is 1.32. The normalized spacial score (nSPS) is 17.4. The van der Waals surface area contributed by atoms with Crippen molar-refractivity contribution in [3.63, 3.8) is 0 Å². The largest absolute Gasteiger partial charge is 0.435 e. The number of fused-ring (bicyclic) bond motifs is 1. The highest BCUT2D eigenvalue weighted by molar-refractivity contribution is 7.89. The van der Waals surface area contributed by atoms with Crippen LogP contribution in [-0.2, 0) is 23.0 Å². The Hall–Kier alpha value is -3.04. The molecule has 0 radical (unpaired) electrons. The molecule has 7 nitrogen and oxygen atoms in total. The molecule has 9 heteroatoms. The predicted molar refractivity (Wildman–Crippen MR) is 127 cm³/mol. The van der Waals surface area contributed by atoms with Gasteiger partial charge in [0.2, 0.25) is 21.9 Å². The molecule has 5 rings (SSSR count). The molecule has 0 atom stereocenters. The number of rotatable bonds is 5. The molecule has 2 aromatic carbocycles. The third kappa shape index (κ3) is 4.50. The van der Waals surface area contributed by atoms with Gasteiger partial charge in [0.05, 0.1) is 16.2 Å². The molecule has 3 heterocycles. The van der Waals surface area contributed by atoms with Crippen molar-refractivity contribution in [2.24, 2.45) is 5.92 Å². The highest BCUT2D eigenvalue weighted by atomic mass is 32.2. The number of aromatic nitrogens is 2. The molecule has 0 amide bonds. The number of para-hydroxylation sites is 1. The molecule has 3 aromatic rings. The molecule has 0 aliphatic carbocycles. The average molecular weight is 483 g/mol. The van der Waals surface area contributed by atoms with Crippen molar-refractivity contribution in [1.82, 2.24) is 14.3 Å². The van der Waals surface area contributed by atoms with E-state index < -0.39 is 15.8 Å². The van der Waals surface area contributed by atoms with Gasteiger partial charge in [-0.05, 0) is 43.0 Å². The number of piperidine rings is 1. The fourth-order valence-electron chi connectivity index (χ4n) is 4.36. The molecule has 0 N–H and O–H groups in total. The molecule has 178 valence electrons. The Balaban J connectivity index is 1.52. The zero-order valence-corrected chi connectivity index (χ0v) is 19.8. The summed E-state index contributed by atoms with van der Waals surface area (Å²) in [5, 5.41) is 0. The number of halogens is 1. The van der Waals surface area contributed by atoms with Crippen LogP contribution in [0.25, 0.3) is 0 Å². The van der Waals surface area contributed by atoms with E-state index in [1.165, 1.54) is 16.4 Å². The Morgan fingerprint density at radius 1 is 0.971 bits per heavy atom. The van der Waals surface area contributed by atoms with E-state index in [4.69, 9.17) is 9.72 Å². The Morgan fingerprint density at radius 2 is 1.68 bits per heavy atom. The van der Waals surface area contributed by atoms with Crippen LogP contribution in [0.15, 0.2) is 59.5 Å². The van der Waals surface area contributed by atoms with Gasteiger partial charge in [-0.1, -0.05) is 37.3 Å². The highest BCUT2D eigenvalue weighted by Gasteiger charge is 2.33. The molecule has 0 unspecified atom stereocenters. The number of benzene rings is 2. The Labute approximate surface area is 199 Å². The van der Waals surface area contributed by atoms with E-state index in [1.54, 1.807) is 42.5 Å². The van der Waals surface area contributed by atoms with Crippen molar-refractivity contribution in [3.8, 4) is 11.6 Å². The maximum atomic E-state index is 14.4. The van der Waals surface area contributed by atoms with Crippen LogP contribution in [0, 0.1) is 11.7 Å². The molecule has 2 aliphatic rings. The number of hydrogen-bond acceptors (Lipinski definition) is 6. The van der Waals surface area contributed by atoms with E-state index in [9.17, 15) is 12.8 Å². The zero-order chi connectivity index (χ0) is 23.7. The molecule has 1 fully saturated rings. The van der Waals surface area contributed by atoms with Crippen LogP contribution < -0.4 is 9.64 Å². The first-order chi connectivity index (χ1) is 16.4. The van der Waals surface area contributed by atoms with E-state index in [0.29, 0.717) is 30.4 Å². The van der Waals surface area contributed by atoms with E-state index in [1.807, 2.05) is 0 Å². The van der Waals surface area contributed by atoms with Crippen molar-refractivity contribution in [2.75, 3.05) is 24.5 Å². The van der Waals surface area contributed by atoms with E-state index >= 15 is 0 Å². The van der Waals surface area contributed by atoms with Crippen LogP contribution in [0.2, 0.25) is 0 Å². The minimum atomic E-state index is -3.70. The molecule has 0 saturated carbocycles. The van der Waals surface area contributed by atoms with Crippen LogP contribution in [0.5, 0.6) is 11.6 Å². The number of hydrogen-bond donors (Lipinski definition) is 0. The van der Waals surface area contributed by atoms with Crippen molar-refractivity contribution in [3.05, 3.63) is 71.7 Å². The SMILES string of the molecule is CC1CCN(c2nc3c(c(Oc4ccccc4F)n2)CN(S(=O)(=O)c2ccccc2)CC3)CC1. The summed E-state index contributed by atoms with van der Waals surface area (Å²) in [5.74, 6) is 0.949. The fourth-order valence-corrected chi connectivity index (χ4v) is 5.79. The number of ether oxygens (including phenoxy) is 1. The lowest BCUT2D eigenvalue weighted by Crippen LogP contribution is -2.38. The smallest absolute Gasteiger partial charge is 0.243 e. The van der Waals surface area contributed by atoms with E-state index in [2.05, 4.69) is 16.8 Å². The third-order valence-electron chi connectivity index (χ3n) is 6.47. The molecule has 1 aromatic heterocycles. The van der Waals surface area contributed by atoms with Gasteiger partial charge in [-0.25, -0.2) is 17.8 Å². The second kappa shape index (κ2) is 9.31. The monoisotopic (exact) mass is 482 g/mol. The lowest BCUT2D eigenvalue weighted by atomic mass is 9.99. The summed E-state index contributed by atoms with van der Waals surface area (Å²) in [4.78, 5) is 11.8. The van der Waals surface area contributed by atoms with Crippen molar-refractivity contribution >= 4 is 16.0 Å². The molecule has 34 heavy (non-hydrogen) atoms. The maximum absolute atomic E-state index is 14.4. The summed E-state index contributed by atoms with van der Waals surface area (Å²) in [6.45, 7) is 4.28. The second-order valence-corrected chi connectivity index (χ2v) is 10.8. The van der Waals surface area contributed by atoms with Gasteiger partial charge in [0.15, 0.2) is 11.6 Å². The highest BCUT2D eigenvalue weighted by Crippen LogP contribution is 2.34. The Bertz CT molecular complexity index is 1280. The van der Waals surface area contributed by atoms with Gasteiger partial charge in [0.1, 0.15) is 0 Å². The standard InChI is InChI=1S/C25H27FN4O3S/c1-18-11-14-29(15-12-18)25-27-22-13-16-30(34(31,32)19-7-3-2-4-8-19)17-20(22)24(28-25)33-23-10-6-5-9-21(23)26/h2-10,18H,11-17H2,1H3. The minimum absolute atomic E-state index is 0.0460. The lowest BCUT2D eigenvalue weighted by molar-refractivity contribution is 0.362. The van der Waals surface area contributed by atoms with Crippen molar-refractivity contribution < 1.29 is 17.5 Å². The Morgan fingerprint density at radius 3 is 2.41 bits per heavy atom. The summed E-state index contributed by atoms with van der Waals surface area (Å²) < 4.78 is 48.3. The van der Waals surface area contributed by atoms with Gasteiger partial charge in [0.25, 0.3) is 0 Å². The molecular weight excluding hydrogens is 455 g/mol. The van der Waals surface area contributed by atoms with Crippen molar-refractivity contribution in [2.45, 2.75) is 37.6 Å². The number of sulfonamides is 1. The second-order valence-electron chi connectivity index (χ2n) is 8.86. The molecule has 2 aliphatic heterocycles. The fraction of sp³-hybridized carbons (Fsp3) is 0.360. The summed E-state index contributed by atoms with van der Waals surface area (Å²) >= 11 is 0. The third-order valence-corrected chi connectivity index (χ3v) is 8.33. The van der Waals surface area contributed by atoms with Gasteiger partial charge in [-0.15, -0.1) is 0 Å². The van der Waals surface area contributed by atoms with Gasteiger partial charge in [0, 0.05) is 32.6 Å². The van der Waals surface area contributed by atoms with E-state index in [0.717, 1.165) is 31.6 Å². The maximum Gasteiger partial charge on any atom is 0.243 e. The summed E-state index contributed by atoms with van der Waals surface area (Å²) in [7, 11) is -3.70. The van der Waals surface area contributed by atoms with Gasteiger partial charge in [-0.3, -0.25) is 0 Å². The number of nitrogens with zero attached hydrogens (tertiary/aromatic N) is 4. The van der Waals surface area contributed by atoms with Crippen molar-refractivity contribution in [1.29, 1.82) is 0 Å². The van der Waals surface area contributed by atoms with Gasteiger partial charge in [-0.2, -0.15) is 9.29 Å². The number of anilines is 1. The first-order valence-corrected chi connectivity index (χ1v) is 13.0. The van der Waals surface area contributed by atoms with Crippen LogP contribution >= 0.6 is 0 Å². The molecular formula is C25H27FN4O3S. The Kier molecular flexibility index (Phi) is 6.22. The molecule has 1 saturated heterocycles. The van der Waals surface area contributed by atoms with Crippen LogP contribution in [-0.4, -0.2) is 42.3 Å². The first-order valence-electron chi connectivity index (χ1n) is 11.5. The lowest BCUT2D eigenvalue weighted by Gasteiger charge is -2.33. The minimum Gasteiger partial charge on any atom is -0.435 e. The average Bonchev–Trinajstić information content (AvgIpc) is 2.86. The summed E-state index contributed by atoms with van der Waals surface area (Å²) in [6, 6.07) is 14.5. The first kappa shape index (κ1) is 22.7. The summed E-state index contributed by atoms with van der Waals surface area (Å²) in [6.07, 6.45) is 2.52. The quantitative estimate of drug-likeness (QED) is 0.537. The van der Waals surface area contributed by atoms with Gasteiger partial charge >= 0.3 is 0 Å². The van der Waals surface area contributed by atoms with Crippen LogP contribution in [0.4, 0.5) is 10.3 Å². The zero-order valence-electron chi connectivity index (χ0n) is 19.0. The molecule has 0 bridgehead atoms. The topological polar surface area (TPSA) is 75.6 Å². The predicted octanol–water partition coefficient (Wildman–Crippen LogP) is 4.39. The van der Waals surface area contributed by atoms with E-state index in [-0.39, 0.29) is 23.1 Å². The van der Waals surface area contributed by atoms with Crippen LogP contribution in [0.1, 0.15) is 31.0 Å².